The number of rotatable bonds is 10. The molecule has 0 bridgehead atoms. The molecule has 1 heterocycles. The molecule has 3 aromatic rings. The Morgan fingerprint density at radius 1 is 1.03 bits per heavy atom. The van der Waals surface area contributed by atoms with Crippen molar-refractivity contribution in [3.05, 3.63) is 65.3 Å². The van der Waals surface area contributed by atoms with E-state index in [1.165, 1.54) is 0 Å². The highest BCUT2D eigenvalue weighted by atomic mass is 16.5. The number of hydrogen-bond acceptors (Lipinski definition) is 7. The summed E-state index contributed by atoms with van der Waals surface area (Å²) in [5.41, 5.74) is 1.33. The minimum atomic E-state index is -0.254. The van der Waals surface area contributed by atoms with E-state index in [1.54, 1.807) is 31.2 Å². The van der Waals surface area contributed by atoms with Gasteiger partial charge >= 0.3 is 0 Å². The van der Waals surface area contributed by atoms with Crippen LogP contribution in [0.5, 0.6) is 17.2 Å². The molecule has 0 radical (unpaired) electrons. The zero-order chi connectivity index (χ0) is 22.2. The number of carbonyl (C=O) groups is 1. The summed E-state index contributed by atoms with van der Waals surface area (Å²) in [5, 5.41) is 6.81. The van der Waals surface area contributed by atoms with E-state index in [1.807, 2.05) is 39.0 Å². The van der Waals surface area contributed by atoms with Crippen molar-refractivity contribution in [2.24, 2.45) is 0 Å². The van der Waals surface area contributed by atoms with Crippen LogP contribution >= 0.6 is 0 Å². The third-order valence-corrected chi connectivity index (χ3v) is 4.47. The predicted molar refractivity (Wildman–Crippen MR) is 114 cm³/mol. The average Bonchev–Trinajstić information content (AvgIpc) is 3.19. The van der Waals surface area contributed by atoms with Gasteiger partial charge in [0.25, 0.3) is 5.91 Å². The first-order chi connectivity index (χ1) is 15.0. The summed E-state index contributed by atoms with van der Waals surface area (Å²) in [6.45, 7) is 8.63. The number of aromatic nitrogens is 2. The molecule has 0 saturated heterocycles. The van der Waals surface area contributed by atoms with Gasteiger partial charge in [-0.2, -0.15) is 4.98 Å². The lowest BCUT2D eigenvalue weighted by atomic mass is 10.1. The van der Waals surface area contributed by atoms with Gasteiger partial charge in [-0.15, -0.1) is 0 Å². The summed E-state index contributed by atoms with van der Waals surface area (Å²) < 4.78 is 22.0. The molecular formula is C23H27N3O5. The monoisotopic (exact) mass is 425 g/mol. The number of amides is 1. The molecule has 2 aromatic carbocycles. The van der Waals surface area contributed by atoms with Crippen LogP contribution in [-0.4, -0.2) is 29.3 Å². The van der Waals surface area contributed by atoms with Crippen LogP contribution in [0.15, 0.2) is 47.0 Å². The SMILES string of the molecule is CCOc1ccc(C(C)NC(=O)c2ccccc2OCc2noc(C)n2)cc1OCC. The van der Waals surface area contributed by atoms with Crippen LogP contribution in [0.1, 0.15) is 54.4 Å². The zero-order valence-electron chi connectivity index (χ0n) is 18.2. The number of nitrogens with one attached hydrogen (secondary N) is 1. The molecule has 0 aliphatic carbocycles. The summed E-state index contributed by atoms with van der Waals surface area (Å²) in [5.74, 6) is 2.40. The highest BCUT2D eigenvalue weighted by Crippen LogP contribution is 2.31. The smallest absolute Gasteiger partial charge is 0.255 e. The van der Waals surface area contributed by atoms with E-state index in [0.717, 1.165) is 5.56 Å². The summed E-state index contributed by atoms with van der Waals surface area (Å²) in [6, 6.07) is 12.4. The van der Waals surface area contributed by atoms with E-state index in [4.69, 9.17) is 18.7 Å². The fraction of sp³-hybridized carbons (Fsp3) is 0.348. The summed E-state index contributed by atoms with van der Waals surface area (Å²) in [7, 11) is 0. The highest BCUT2D eigenvalue weighted by Gasteiger charge is 2.18. The van der Waals surface area contributed by atoms with Gasteiger partial charge < -0.3 is 24.1 Å². The van der Waals surface area contributed by atoms with Gasteiger partial charge in [0.05, 0.1) is 24.8 Å². The minimum Gasteiger partial charge on any atom is -0.490 e. The molecule has 1 atom stereocenters. The Labute approximate surface area is 181 Å². The van der Waals surface area contributed by atoms with Gasteiger partial charge in [-0.1, -0.05) is 23.4 Å². The van der Waals surface area contributed by atoms with Gasteiger partial charge in [-0.05, 0) is 50.6 Å². The molecule has 1 unspecified atom stereocenters. The molecule has 8 nitrogen and oxygen atoms in total. The van der Waals surface area contributed by atoms with Gasteiger partial charge in [0.15, 0.2) is 18.1 Å². The number of aryl methyl sites for hydroxylation is 1. The first kappa shape index (κ1) is 22.1. The van der Waals surface area contributed by atoms with E-state index in [2.05, 4.69) is 15.5 Å². The molecule has 1 aromatic heterocycles. The molecule has 1 amide bonds. The largest absolute Gasteiger partial charge is 0.490 e. The summed E-state index contributed by atoms with van der Waals surface area (Å²) in [4.78, 5) is 17.1. The van der Waals surface area contributed by atoms with Crippen LogP contribution in [0, 0.1) is 6.92 Å². The first-order valence-electron chi connectivity index (χ1n) is 10.2. The van der Waals surface area contributed by atoms with Crippen LogP contribution in [0.3, 0.4) is 0 Å². The fourth-order valence-electron chi connectivity index (χ4n) is 3.02. The Kier molecular flexibility index (Phi) is 7.48. The van der Waals surface area contributed by atoms with E-state index in [0.29, 0.717) is 47.7 Å². The average molecular weight is 425 g/mol. The van der Waals surface area contributed by atoms with Crippen molar-refractivity contribution < 1.29 is 23.5 Å². The molecule has 8 heteroatoms. The molecule has 164 valence electrons. The van der Waals surface area contributed by atoms with Crippen molar-refractivity contribution >= 4 is 5.91 Å². The second kappa shape index (κ2) is 10.5. The molecule has 0 aliphatic heterocycles. The second-order valence-corrected chi connectivity index (χ2v) is 6.78. The first-order valence-corrected chi connectivity index (χ1v) is 10.2. The van der Waals surface area contributed by atoms with Crippen molar-refractivity contribution in [1.29, 1.82) is 0 Å². The lowest BCUT2D eigenvalue weighted by Gasteiger charge is -2.18. The maximum Gasteiger partial charge on any atom is 0.255 e. The number of carbonyl (C=O) groups excluding carboxylic acids is 1. The quantitative estimate of drug-likeness (QED) is 0.519. The third-order valence-electron chi connectivity index (χ3n) is 4.47. The zero-order valence-corrected chi connectivity index (χ0v) is 18.2. The molecule has 0 fully saturated rings. The molecule has 3 rings (SSSR count). The second-order valence-electron chi connectivity index (χ2n) is 6.78. The number of ether oxygens (including phenoxy) is 3. The van der Waals surface area contributed by atoms with Gasteiger partial charge in [0.1, 0.15) is 5.75 Å². The lowest BCUT2D eigenvalue weighted by molar-refractivity contribution is 0.0935. The van der Waals surface area contributed by atoms with Crippen LogP contribution in [0.25, 0.3) is 0 Å². The molecular weight excluding hydrogens is 398 g/mol. The number of benzene rings is 2. The Morgan fingerprint density at radius 2 is 1.77 bits per heavy atom. The molecule has 31 heavy (non-hydrogen) atoms. The number of hydrogen-bond donors (Lipinski definition) is 1. The Bertz CT molecular complexity index is 1020. The summed E-state index contributed by atoms with van der Waals surface area (Å²) in [6.07, 6.45) is 0. The van der Waals surface area contributed by atoms with E-state index in [-0.39, 0.29) is 18.6 Å². The van der Waals surface area contributed by atoms with Crippen LogP contribution in [-0.2, 0) is 6.61 Å². The number of para-hydroxylation sites is 1. The van der Waals surface area contributed by atoms with Crippen LogP contribution in [0.2, 0.25) is 0 Å². The molecule has 0 saturated carbocycles. The van der Waals surface area contributed by atoms with Crippen molar-refractivity contribution in [2.75, 3.05) is 13.2 Å². The third kappa shape index (κ3) is 5.75. The van der Waals surface area contributed by atoms with Gasteiger partial charge in [0.2, 0.25) is 11.7 Å². The normalized spacial score (nSPS) is 11.6. The number of nitrogens with zero attached hydrogens (tertiary/aromatic N) is 2. The van der Waals surface area contributed by atoms with Crippen molar-refractivity contribution in [3.8, 4) is 17.2 Å². The summed E-state index contributed by atoms with van der Waals surface area (Å²) >= 11 is 0. The minimum absolute atomic E-state index is 0.105. The van der Waals surface area contributed by atoms with Crippen molar-refractivity contribution in [3.63, 3.8) is 0 Å². The Hall–Kier alpha value is -3.55. The molecule has 0 aliphatic rings. The Balaban J connectivity index is 1.71. The molecule has 1 N–H and O–H groups in total. The van der Waals surface area contributed by atoms with Gasteiger partial charge in [0, 0.05) is 6.92 Å². The maximum atomic E-state index is 12.9. The predicted octanol–water partition coefficient (Wildman–Crippen LogP) is 4.25. The maximum absolute atomic E-state index is 12.9. The topological polar surface area (TPSA) is 95.7 Å². The fourth-order valence-corrected chi connectivity index (χ4v) is 3.02. The lowest BCUT2D eigenvalue weighted by Crippen LogP contribution is -2.27. The highest BCUT2D eigenvalue weighted by molar-refractivity contribution is 5.97. The van der Waals surface area contributed by atoms with Crippen LogP contribution in [0.4, 0.5) is 0 Å². The Morgan fingerprint density at radius 3 is 2.48 bits per heavy atom. The van der Waals surface area contributed by atoms with E-state index < -0.39 is 0 Å². The van der Waals surface area contributed by atoms with Gasteiger partial charge in [-0.3, -0.25) is 4.79 Å². The molecule has 0 spiro atoms. The standard InChI is InChI=1S/C23H27N3O5/c1-5-28-20-12-11-17(13-21(20)29-6-2)15(3)24-23(27)18-9-7-8-10-19(18)30-14-22-25-16(4)31-26-22/h7-13,15H,5-6,14H2,1-4H3,(H,24,27). The van der Waals surface area contributed by atoms with Crippen LogP contribution < -0.4 is 19.5 Å². The van der Waals surface area contributed by atoms with Crippen molar-refractivity contribution in [2.45, 2.75) is 40.3 Å². The van der Waals surface area contributed by atoms with E-state index >= 15 is 0 Å². The van der Waals surface area contributed by atoms with Crippen molar-refractivity contribution in [1.82, 2.24) is 15.5 Å². The van der Waals surface area contributed by atoms with Gasteiger partial charge in [-0.25, -0.2) is 0 Å². The van der Waals surface area contributed by atoms with E-state index in [9.17, 15) is 4.79 Å².